The number of aromatic carboxylic acids is 1. The summed E-state index contributed by atoms with van der Waals surface area (Å²) in [5, 5.41) is 9.22. The minimum Gasteiger partial charge on any atom is -0.478 e. The van der Waals surface area contributed by atoms with Crippen LogP contribution in [0.15, 0.2) is 46.2 Å². The molecule has 9 heteroatoms. The van der Waals surface area contributed by atoms with E-state index < -0.39 is 16.0 Å². The van der Waals surface area contributed by atoms with Crippen LogP contribution in [0.25, 0.3) is 0 Å². The van der Waals surface area contributed by atoms with Crippen molar-refractivity contribution in [2.45, 2.75) is 23.8 Å². The third-order valence-electron chi connectivity index (χ3n) is 5.29. The van der Waals surface area contributed by atoms with Crippen molar-refractivity contribution >= 4 is 16.0 Å². The third kappa shape index (κ3) is 3.25. The van der Waals surface area contributed by atoms with E-state index in [0.717, 1.165) is 11.1 Å². The molecular weight excluding hydrogens is 384 g/mol. The summed E-state index contributed by atoms with van der Waals surface area (Å²) in [4.78, 5) is 23.8. The standard InChI is InChI=1S/C19H20N2O6S/c22-18-6-3-14(19(23)24)12-21(18)17-5-2-13-1-4-15(11-16(13)17)28(25,26)20-7-9-27-10-8-20/h1,3-4,6,11-12,17H,2,5,7-10H2,(H,23,24)/t17-/m0/s1. The fourth-order valence-corrected chi connectivity index (χ4v) is 5.26. The van der Waals surface area contributed by atoms with E-state index in [-0.39, 0.29) is 22.1 Å². The van der Waals surface area contributed by atoms with Crippen molar-refractivity contribution in [2.75, 3.05) is 26.3 Å². The Hall–Kier alpha value is -2.49. The molecule has 1 aliphatic heterocycles. The van der Waals surface area contributed by atoms with Gasteiger partial charge in [0.25, 0.3) is 5.56 Å². The molecule has 148 valence electrons. The molecule has 2 aromatic rings. The molecule has 0 spiro atoms. The van der Waals surface area contributed by atoms with Gasteiger partial charge in [-0.25, -0.2) is 13.2 Å². The van der Waals surface area contributed by atoms with Gasteiger partial charge in [0.15, 0.2) is 0 Å². The van der Waals surface area contributed by atoms with Crippen molar-refractivity contribution in [3.8, 4) is 0 Å². The largest absolute Gasteiger partial charge is 0.478 e. The van der Waals surface area contributed by atoms with Crippen LogP contribution in [0.3, 0.4) is 0 Å². The maximum absolute atomic E-state index is 13.0. The lowest BCUT2D eigenvalue weighted by Crippen LogP contribution is -2.40. The van der Waals surface area contributed by atoms with E-state index >= 15 is 0 Å². The number of hydrogen-bond acceptors (Lipinski definition) is 5. The average molecular weight is 404 g/mol. The topological polar surface area (TPSA) is 106 Å². The number of benzene rings is 1. The van der Waals surface area contributed by atoms with Crippen LogP contribution in [0.5, 0.6) is 0 Å². The predicted molar refractivity (Wildman–Crippen MR) is 100 cm³/mol. The van der Waals surface area contributed by atoms with E-state index in [0.29, 0.717) is 39.1 Å². The van der Waals surface area contributed by atoms with Crippen molar-refractivity contribution in [1.82, 2.24) is 8.87 Å². The number of rotatable bonds is 4. The van der Waals surface area contributed by atoms with Gasteiger partial charge in [0.05, 0.1) is 29.7 Å². The van der Waals surface area contributed by atoms with Gasteiger partial charge in [-0.05, 0) is 42.2 Å². The molecule has 0 saturated carbocycles. The van der Waals surface area contributed by atoms with Gasteiger partial charge < -0.3 is 14.4 Å². The maximum Gasteiger partial charge on any atom is 0.337 e. The number of ether oxygens (including phenoxy) is 1. The number of carbonyl (C=O) groups is 1. The Labute approximate surface area is 162 Å². The summed E-state index contributed by atoms with van der Waals surface area (Å²) in [7, 11) is -3.65. The lowest BCUT2D eigenvalue weighted by molar-refractivity contribution is 0.0695. The van der Waals surface area contributed by atoms with Crippen LogP contribution < -0.4 is 5.56 Å². The van der Waals surface area contributed by atoms with Crippen LogP contribution >= 0.6 is 0 Å². The van der Waals surface area contributed by atoms with Gasteiger partial charge in [0, 0.05) is 25.4 Å². The highest BCUT2D eigenvalue weighted by Crippen LogP contribution is 2.35. The number of carboxylic acid groups (broad SMARTS) is 1. The van der Waals surface area contributed by atoms with E-state index in [4.69, 9.17) is 4.74 Å². The average Bonchev–Trinajstić information content (AvgIpc) is 3.12. The molecule has 4 rings (SSSR count). The number of sulfonamides is 1. The van der Waals surface area contributed by atoms with Crippen molar-refractivity contribution in [2.24, 2.45) is 0 Å². The van der Waals surface area contributed by atoms with Gasteiger partial charge in [-0.1, -0.05) is 6.07 Å². The molecule has 1 aromatic carbocycles. The smallest absolute Gasteiger partial charge is 0.337 e. The highest BCUT2D eigenvalue weighted by molar-refractivity contribution is 7.89. The van der Waals surface area contributed by atoms with E-state index in [1.54, 1.807) is 18.2 Å². The number of fused-ring (bicyclic) bond motifs is 1. The Morgan fingerprint density at radius 1 is 1.14 bits per heavy atom. The van der Waals surface area contributed by atoms with Crippen molar-refractivity contribution in [3.63, 3.8) is 0 Å². The van der Waals surface area contributed by atoms with Gasteiger partial charge in [0.2, 0.25) is 10.0 Å². The number of carboxylic acids is 1. The van der Waals surface area contributed by atoms with Gasteiger partial charge >= 0.3 is 5.97 Å². The van der Waals surface area contributed by atoms with Crippen LogP contribution in [0.2, 0.25) is 0 Å². The molecule has 1 aromatic heterocycles. The zero-order valence-electron chi connectivity index (χ0n) is 15.1. The molecule has 2 heterocycles. The number of aryl methyl sites for hydroxylation is 1. The summed E-state index contributed by atoms with van der Waals surface area (Å²) in [6.45, 7) is 1.35. The van der Waals surface area contributed by atoms with Crippen LogP contribution in [0.4, 0.5) is 0 Å². The summed E-state index contributed by atoms with van der Waals surface area (Å²) >= 11 is 0. The van der Waals surface area contributed by atoms with Crippen molar-refractivity contribution < 1.29 is 23.1 Å². The molecular formula is C19H20N2O6S. The zero-order valence-corrected chi connectivity index (χ0v) is 15.9. The highest BCUT2D eigenvalue weighted by atomic mass is 32.2. The molecule has 1 N–H and O–H groups in total. The van der Waals surface area contributed by atoms with Crippen LogP contribution in [-0.2, 0) is 21.2 Å². The summed E-state index contributed by atoms with van der Waals surface area (Å²) in [5.41, 5.74) is 1.42. The Morgan fingerprint density at radius 3 is 2.61 bits per heavy atom. The van der Waals surface area contributed by atoms with Gasteiger partial charge in [-0.15, -0.1) is 0 Å². The minimum absolute atomic E-state index is 0.0187. The molecule has 0 bridgehead atoms. The van der Waals surface area contributed by atoms with Gasteiger partial charge in [-0.2, -0.15) is 4.31 Å². The third-order valence-corrected chi connectivity index (χ3v) is 7.19. The molecule has 1 aliphatic carbocycles. The molecule has 2 aliphatic rings. The first-order chi connectivity index (χ1) is 13.4. The van der Waals surface area contributed by atoms with Crippen LogP contribution in [0, 0.1) is 0 Å². The SMILES string of the molecule is O=C(O)c1ccc(=O)n([C@H]2CCc3ccc(S(=O)(=O)N4CCOCC4)cc32)c1. The molecule has 1 saturated heterocycles. The normalized spacial score (nSPS) is 20.1. The summed E-state index contributed by atoms with van der Waals surface area (Å²) < 4.78 is 34.0. The monoisotopic (exact) mass is 404 g/mol. The number of pyridine rings is 1. The molecule has 1 fully saturated rings. The molecule has 1 atom stereocenters. The molecule has 0 unspecified atom stereocenters. The Balaban J connectivity index is 1.75. The van der Waals surface area contributed by atoms with E-state index in [9.17, 15) is 23.1 Å². The number of morpholine rings is 1. The zero-order chi connectivity index (χ0) is 19.9. The Kier molecular flexibility index (Phi) is 4.82. The van der Waals surface area contributed by atoms with Crippen LogP contribution in [0.1, 0.15) is 33.9 Å². The highest BCUT2D eigenvalue weighted by Gasteiger charge is 2.30. The first-order valence-corrected chi connectivity index (χ1v) is 10.5. The lowest BCUT2D eigenvalue weighted by atomic mass is 10.1. The second-order valence-electron chi connectivity index (χ2n) is 6.90. The first kappa shape index (κ1) is 18.9. The van der Waals surface area contributed by atoms with E-state index in [1.165, 1.54) is 27.2 Å². The fourth-order valence-electron chi connectivity index (χ4n) is 3.82. The predicted octanol–water partition coefficient (Wildman–Crippen LogP) is 1.10. The van der Waals surface area contributed by atoms with Crippen molar-refractivity contribution in [3.05, 3.63) is 63.6 Å². The Bertz CT molecular complexity index is 1090. The number of nitrogens with zero attached hydrogens (tertiary/aromatic N) is 2. The second kappa shape index (κ2) is 7.16. The summed E-state index contributed by atoms with van der Waals surface area (Å²) in [5.74, 6) is -1.12. The lowest BCUT2D eigenvalue weighted by Gasteiger charge is -2.26. The maximum atomic E-state index is 13.0. The summed E-state index contributed by atoms with van der Waals surface area (Å²) in [6.07, 6.45) is 2.63. The molecule has 0 amide bonds. The second-order valence-corrected chi connectivity index (χ2v) is 8.84. The van der Waals surface area contributed by atoms with Gasteiger partial charge in [0.1, 0.15) is 0 Å². The van der Waals surface area contributed by atoms with Crippen molar-refractivity contribution in [1.29, 1.82) is 0 Å². The van der Waals surface area contributed by atoms with Crippen LogP contribution in [-0.4, -0.2) is 54.7 Å². The van der Waals surface area contributed by atoms with E-state index in [1.807, 2.05) is 0 Å². The number of aromatic nitrogens is 1. The molecule has 28 heavy (non-hydrogen) atoms. The molecule has 0 radical (unpaired) electrons. The Morgan fingerprint density at radius 2 is 1.89 bits per heavy atom. The summed E-state index contributed by atoms with van der Waals surface area (Å²) in [6, 6.07) is 7.13. The number of hydrogen-bond donors (Lipinski definition) is 1. The minimum atomic E-state index is -3.65. The first-order valence-electron chi connectivity index (χ1n) is 9.04. The van der Waals surface area contributed by atoms with Gasteiger partial charge in [-0.3, -0.25) is 4.79 Å². The fraction of sp³-hybridized carbons (Fsp3) is 0.368. The molecule has 8 nitrogen and oxygen atoms in total. The van der Waals surface area contributed by atoms with E-state index in [2.05, 4.69) is 0 Å². The quantitative estimate of drug-likeness (QED) is 0.818.